The lowest BCUT2D eigenvalue weighted by atomic mass is 10.1. The first kappa shape index (κ1) is 22.2. The lowest BCUT2D eigenvalue weighted by molar-refractivity contribution is 0.0680. The molecule has 2 aromatic carbocycles. The zero-order valence-corrected chi connectivity index (χ0v) is 18.7. The monoisotopic (exact) mass is 430 g/mol. The predicted molar refractivity (Wildman–Crippen MR) is 120 cm³/mol. The molecule has 1 fully saturated rings. The number of carbonyl (C=O) groups is 1. The highest BCUT2D eigenvalue weighted by atomic mass is 32.2. The summed E-state index contributed by atoms with van der Waals surface area (Å²) in [4.78, 5) is 17.3. The van der Waals surface area contributed by atoms with Crippen molar-refractivity contribution in [3.05, 3.63) is 59.7 Å². The van der Waals surface area contributed by atoms with Crippen LogP contribution in [0.4, 0.5) is 5.69 Å². The van der Waals surface area contributed by atoms with Gasteiger partial charge in [0.25, 0.3) is 5.91 Å². The highest BCUT2D eigenvalue weighted by Gasteiger charge is 2.35. The third-order valence-corrected chi connectivity index (χ3v) is 7.39. The van der Waals surface area contributed by atoms with Gasteiger partial charge in [0.2, 0.25) is 0 Å². The first-order valence-corrected chi connectivity index (χ1v) is 12.2. The van der Waals surface area contributed by atoms with Gasteiger partial charge in [-0.1, -0.05) is 18.2 Å². The van der Waals surface area contributed by atoms with E-state index < -0.39 is 9.84 Å². The molecular formula is C23H30N2O4S. The van der Waals surface area contributed by atoms with Crippen LogP contribution in [0, 0.1) is 0 Å². The summed E-state index contributed by atoms with van der Waals surface area (Å²) >= 11 is 0. The first-order chi connectivity index (χ1) is 14.4. The molecule has 1 amide bonds. The second-order valence-electron chi connectivity index (χ2n) is 7.56. The Hall–Kier alpha value is -2.54. The van der Waals surface area contributed by atoms with E-state index in [-0.39, 0.29) is 23.5 Å². The average molecular weight is 431 g/mol. The number of anilines is 1. The molecule has 162 valence electrons. The predicted octanol–water partition coefficient (Wildman–Crippen LogP) is 3.37. The number of ether oxygens (including phenoxy) is 1. The fourth-order valence-electron chi connectivity index (χ4n) is 3.91. The van der Waals surface area contributed by atoms with Crippen LogP contribution < -0.4 is 9.64 Å². The zero-order chi connectivity index (χ0) is 21.7. The topological polar surface area (TPSA) is 66.9 Å². The van der Waals surface area contributed by atoms with E-state index in [2.05, 4.69) is 30.9 Å². The molecule has 0 N–H and O–H groups in total. The van der Waals surface area contributed by atoms with Crippen molar-refractivity contribution in [3.63, 3.8) is 0 Å². The number of sulfone groups is 1. The molecule has 6 nitrogen and oxygen atoms in total. The van der Waals surface area contributed by atoms with Crippen molar-refractivity contribution in [1.82, 2.24) is 4.90 Å². The Morgan fingerprint density at radius 2 is 1.80 bits per heavy atom. The third kappa shape index (κ3) is 5.14. The van der Waals surface area contributed by atoms with Crippen LogP contribution >= 0.6 is 0 Å². The summed E-state index contributed by atoms with van der Waals surface area (Å²) in [6.07, 6.45) is 0.468. The van der Waals surface area contributed by atoms with Crippen LogP contribution in [0.15, 0.2) is 48.5 Å². The van der Waals surface area contributed by atoms with Crippen molar-refractivity contribution in [2.24, 2.45) is 0 Å². The average Bonchev–Trinajstić information content (AvgIpc) is 3.12. The minimum Gasteiger partial charge on any atom is -0.497 e. The van der Waals surface area contributed by atoms with Crippen LogP contribution in [-0.4, -0.2) is 57.0 Å². The molecule has 0 saturated carbocycles. The lowest BCUT2D eigenvalue weighted by Crippen LogP contribution is -2.40. The Kier molecular flexibility index (Phi) is 7.02. The van der Waals surface area contributed by atoms with Crippen LogP contribution in [0.25, 0.3) is 0 Å². The Morgan fingerprint density at radius 1 is 1.10 bits per heavy atom. The van der Waals surface area contributed by atoms with Gasteiger partial charge in [0.1, 0.15) is 5.75 Å². The van der Waals surface area contributed by atoms with Crippen LogP contribution in [0.3, 0.4) is 0 Å². The molecule has 1 aliphatic rings. The molecule has 0 unspecified atom stereocenters. The van der Waals surface area contributed by atoms with Crippen LogP contribution in [0.5, 0.6) is 5.75 Å². The third-order valence-electron chi connectivity index (χ3n) is 5.64. The van der Waals surface area contributed by atoms with Gasteiger partial charge in [-0.3, -0.25) is 4.79 Å². The molecule has 1 aliphatic heterocycles. The Balaban J connectivity index is 1.87. The number of nitrogens with zero attached hydrogens (tertiary/aromatic N) is 2. The fourth-order valence-corrected chi connectivity index (χ4v) is 5.64. The zero-order valence-electron chi connectivity index (χ0n) is 17.9. The van der Waals surface area contributed by atoms with Gasteiger partial charge >= 0.3 is 0 Å². The molecule has 1 heterocycles. The van der Waals surface area contributed by atoms with Crippen LogP contribution in [0.2, 0.25) is 0 Å². The van der Waals surface area contributed by atoms with Gasteiger partial charge in [-0.15, -0.1) is 0 Å². The first-order valence-electron chi connectivity index (χ1n) is 10.4. The Labute approximate surface area is 179 Å². The summed E-state index contributed by atoms with van der Waals surface area (Å²) < 4.78 is 29.4. The van der Waals surface area contributed by atoms with E-state index in [0.717, 1.165) is 24.3 Å². The van der Waals surface area contributed by atoms with E-state index in [1.165, 1.54) is 0 Å². The summed E-state index contributed by atoms with van der Waals surface area (Å²) in [6.45, 7) is 6.46. The second-order valence-corrected chi connectivity index (χ2v) is 9.79. The Bertz CT molecular complexity index is 969. The lowest BCUT2D eigenvalue weighted by Gasteiger charge is -2.29. The largest absolute Gasteiger partial charge is 0.497 e. The summed E-state index contributed by atoms with van der Waals surface area (Å²) in [5.74, 6) is 0.563. The smallest absolute Gasteiger partial charge is 0.254 e. The standard InChI is InChI=1S/C23H30N2O4S/c1-4-24(5-2)20-11-9-18(10-12-20)16-25(21-13-14-30(27,28)17-21)23(26)19-7-6-8-22(15-19)29-3/h6-12,15,21H,4-5,13-14,16-17H2,1-3H3/t21-/m0/s1. The molecule has 0 spiro atoms. The van der Waals surface area contributed by atoms with E-state index in [0.29, 0.717) is 24.3 Å². The number of benzene rings is 2. The summed E-state index contributed by atoms with van der Waals surface area (Å²) in [5.41, 5.74) is 2.61. The molecule has 0 aliphatic carbocycles. The summed E-state index contributed by atoms with van der Waals surface area (Å²) in [7, 11) is -1.55. The van der Waals surface area contributed by atoms with Crippen molar-refractivity contribution in [2.45, 2.75) is 32.9 Å². The van der Waals surface area contributed by atoms with E-state index in [1.54, 1.807) is 36.3 Å². The number of methoxy groups -OCH3 is 1. The molecule has 1 atom stereocenters. The quantitative estimate of drug-likeness (QED) is 0.642. The summed E-state index contributed by atoms with van der Waals surface area (Å²) in [6, 6.07) is 14.8. The van der Waals surface area contributed by atoms with Crippen molar-refractivity contribution in [3.8, 4) is 5.75 Å². The highest BCUT2D eigenvalue weighted by molar-refractivity contribution is 7.91. The SMILES string of the molecule is CCN(CC)c1ccc(CN(C(=O)c2cccc(OC)c2)[C@H]2CCS(=O)(=O)C2)cc1. The van der Waals surface area contributed by atoms with Gasteiger partial charge in [-0.2, -0.15) is 0 Å². The molecule has 7 heteroatoms. The summed E-state index contributed by atoms with van der Waals surface area (Å²) in [5, 5.41) is 0. The van der Waals surface area contributed by atoms with Gasteiger partial charge in [-0.05, 0) is 56.2 Å². The van der Waals surface area contributed by atoms with E-state index >= 15 is 0 Å². The van der Waals surface area contributed by atoms with Crippen molar-refractivity contribution < 1.29 is 17.9 Å². The van der Waals surface area contributed by atoms with Gasteiger partial charge in [0, 0.05) is 36.9 Å². The van der Waals surface area contributed by atoms with Crippen molar-refractivity contribution >= 4 is 21.4 Å². The van der Waals surface area contributed by atoms with Gasteiger partial charge in [-0.25, -0.2) is 8.42 Å². The Morgan fingerprint density at radius 3 is 2.37 bits per heavy atom. The fraction of sp³-hybridized carbons (Fsp3) is 0.435. The maximum Gasteiger partial charge on any atom is 0.254 e. The van der Waals surface area contributed by atoms with Gasteiger partial charge < -0.3 is 14.5 Å². The van der Waals surface area contributed by atoms with E-state index in [1.807, 2.05) is 12.1 Å². The number of amides is 1. The van der Waals surface area contributed by atoms with Crippen LogP contribution in [-0.2, 0) is 16.4 Å². The van der Waals surface area contributed by atoms with E-state index in [9.17, 15) is 13.2 Å². The molecule has 0 bridgehead atoms. The van der Waals surface area contributed by atoms with Crippen molar-refractivity contribution in [1.29, 1.82) is 0 Å². The maximum absolute atomic E-state index is 13.4. The van der Waals surface area contributed by atoms with E-state index in [4.69, 9.17) is 4.74 Å². The number of rotatable bonds is 8. The molecule has 30 heavy (non-hydrogen) atoms. The molecule has 0 aromatic heterocycles. The second kappa shape index (κ2) is 9.51. The number of hydrogen-bond donors (Lipinski definition) is 0. The minimum atomic E-state index is -3.11. The van der Waals surface area contributed by atoms with Gasteiger partial charge in [0.15, 0.2) is 9.84 Å². The molecule has 1 saturated heterocycles. The normalized spacial score (nSPS) is 17.5. The molecule has 2 aromatic rings. The minimum absolute atomic E-state index is 0.0141. The number of hydrogen-bond acceptors (Lipinski definition) is 5. The molecular weight excluding hydrogens is 400 g/mol. The van der Waals surface area contributed by atoms with Crippen molar-refractivity contribution in [2.75, 3.05) is 36.6 Å². The molecule has 0 radical (unpaired) electrons. The maximum atomic E-state index is 13.4. The molecule has 3 rings (SSSR count). The highest BCUT2D eigenvalue weighted by Crippen LogP contribution is 2.24. The number of carbonyl (C=O) groups excluding carboxylic acids is 1. The van der Waals surface area contributed by atoms with Crippen LogP contribution in [0.1, 0.15) is 36.2 Å². The van der Waals surface area contributed by atoms with Gasteiger partial charge in [0.05, 0.1) is 18.6 Å².